The number of ether oxygens (including phenoxy) is 1. The summed E-state index contributed by atoms with van der Waals surface area (Å²) in [5.41, 5.74) is -0.827. The number of nitriles is 1. The Morgan fingerprint density at radius 2 is 2.27 bits per heavy atom. The summed E-state index contributed by atoms with van der Waals surface area (Å²) in [7, 11) is 0. The minimum Gasteiger partial charge on any atom is -0.453 e. The van der Waals surface area contributed by atoms with E-state index in [2.05, 4.69) is 16.6 Å². The van der Waals surface area contributed by atoms with Crippen molar-refractivity contribution < 1.29 is 9.53 Å². The zero-order chi connectivity index (χ0) is 8.53. The molecule has 0 aliphatic rings. The van der Waals surface area contributed by atoms with Crippen LogP contribution in [0.3, 0.4) is 0 Å². The first-order valence-corrected chi connectivity index (χ1v) is 3.30. The highest BCUT2D eigenvalue weighted by Crippen LogP contribution is 1.88. The Hall–Kier alpha value is -1.19. The van der Waals surface area contributed by atoms with Gasteiger partial charge in [0.25, 0.3) is 0 Å². The fraction of sp³-hybridized carbons (Fsp3) is 0.429. The average molecular weight is 172 g/mol. The molecule has 58 valence electrons. The molecule has 0 amide bonds. The van der Waals surface area contributed by atoms with Gasteiger partial charge in [0.15, 0.2) is 0 Å². The van der Waals surface area contributed by atoms with Crippen LogP contribution in [-0.2, 0) is 4.74 Å². The molecule has 0 saturated carbocycles. The van der Waals surface area contributed by atoms with Crippen molar-refractivity contribution in [3.63, 3.8) is 0 Å². The Labute approximate surface area is 69.9 Å². The van der Waals surface area contributed by atoms with Gasteiger partial charge in [-0.25, -0.2) is 4.79 Å². The van der Waals surface area contributed by atoms with Crippen LogP contribution < -0.4 is 0 Å². The number of rotatable bonds is 2. The molecule has 0 aliphatic heterocycles. The van der Waals surface area contributed by atoms with Crippen molar-refractivity contribution in [2.24, 2.45) is 0 Å². The molecule has 0 rings (SSSR count). The minimum atomic E-state index is -0.827. The number of carbonyl (C=O) groups is 1. The van der Waals surface area contributed by atoms with Crippen molar-refractivity contribution >= 4 is 17.0 Å². The summed E-state index contributed by atoms with van der Waals surface area (Å²) in [6.45, 7) is 0.181. The zero-order valence-electron chi connectivity index (χ0n) is 5.76. The number of nitrogens with zero attached hydrogens (tertiary/aromatic N) is 1. The van der Waals surface area contributed by atoms with Crippen molar-refractivity contribution in [1.29, 1.82) is 5.26 Å². The van der Waals surface area contributed by atoms with Crippen molar-refractivity contribution in [2.45, 2.75) is 12.8 Å². The average Bonchev–Trinajstić information content (AvgIpc) is 1.96. The quantitative estimate of drug-likeness (QED) is 0.361. The van der Waals surface area contributed by atoms with Gasteiger partial charge < -0.3 is 4.74 Å². The molecular weight excluding hydrogens is 166 g/mol. The van der Waals surface area contributed by atoms with Crippen LogP contribution in [0.2, 0.25) is 0 Å². The third kappa shape index (κ3) is 8.81. The Balaban J connectivity index is 3.23. The summed E-state index contributed by atoms with van der Waals surface area (Å²) in [4.78, 5) is 9.98. The molecule has 0 aromatic carbocycles. The molecule has 0 aromatic rings. The fourth-order valence-electron chi connectivity index (χ4n) is 0.373. The molecule has 0 unspecified atom stereocenters. The predicted molar refractivity (Wildman–Crippen MR) is 39.8 cm³/mol. The van der Waals surface area contributed by atoms with E-state index in [0.29, 0.717) is 6.42 Å². The van der Waals surface area contributed by atoms with E-state index in [9.17, 15) is 4.79 Å². The molecule has 0 N–H and O–H groups in total. The van der Waals surface area contributed by atoms with Crippen LogP contribution in [0.1, 0.15) is 12.8 Å². The Morgan fingerprint density at radius 1 is 1.55 bits per heavy atom. The van der Waals surface area contributed by atoms with Gasteiger partial charge in [0.05, 0.1) is 12.5 Å². The van der Waals surface area contributed by atoms with Crippen LogP contribution >= 0.6 is 11.6 Å². The summed E-state index contributed by atoms with van der Waals surface area (Å²) >= 11 is 4.86. The van der Waals surface area contributed by atoms with E-state index in [0.717, 1.165) is 0 Å². The van der Waals surface area contributed by atoms with Crippen LogP contribution in [0.4, 0.5) is 4.79 Å². The molecule has 0 saturated heterocycles. The van der Waals surface area contributed by atoms with Crippen LogP contribution in [0.5, 0.6) is 0 Å². The fourth-order valence-corrected chi connectivity index (χ4v) is 0.450. The molecule has 11 heavy (non-hydrogen) atoms. The lowest BCUT2D eigenvalue weighted by atomic mass is 10.4. The SMILES string of the molecule is N#CCC#CCCOC(=O)Cl. The van der Waals surface area contributed by atoms with E-state index in [1.807, 2.05) is 6.07 Å². The number of carbonyl (C=O) groups excluding carboxylic acids is 1. The Bertz CT molecular complexity index is 221. The van der Waals surface area contributed by atoms with Crippen molar-refractivity contribution in [2.75, 3.05) is 6.61 Å². The molecule has 0 bridgehead atoms. The van der Waals surface area contributed by atoms with E-state index in [1.54, 1.807) is 0 Å². The molecule has 0 atom stereocenters. The second-order valence-electron chi connectivity index (χ2n) is 1.52. The van der Waals surface area contributed by atoms with Gasteiger partial charge in [-0.2, -0.15) is 5.26 Å². The molecule has 4 heteroatoms. The smallest absolute Gasteiger partial charge is 0.403 e. The van der Waals surface area contributed by atoms with Gasteiger partial charge >= 0.3 is 5.43 Å². The predicted octanol–water partition coefficient (Wildman–Crippen LogP) is 1.67. The third-order valence-electron chi connectivity index (χ3n) is 0.735. The topological polar surface area (TPSA) is 50.1 Å². The normalized spacial score (nSPS) is 7.27. The minimum absolute atomic E-state index is 0.181. The lowest BCUT2D eigenvalue weighted by molar-refractivity contribution is 0.176. The highest BCUT2D eigenvalue weighted by molar-refractivity contribution is 6.61. The van der Waals surface area contributed by atoms with Gasteiger partial charge in [0, 0.05) is 18.0 Å². The summed E-state index contributed by atoms with van der Waals surface area (Å²) in [6, 6.07) is 1.86. The lowest BCUT2D eigenvalue weighted by Gasteiger charge is -1.92. The first-order chi connectivity index (χ1) is 5.27. The van der Waals surface area contributed by atoms with Crippen LogP contribution in [0.15, 0.2) is 0 Å². The highest BCUT2D eigenvalue weighted by Gasteiger charge is 1.90. The van der Waals surface area contributed by atoms with E-state index in [1.165, 1.54) is 0 Å². The third-order valence-corrected chi connectivity index (χ3v) is 0.844. The van der Waals surface area contributed by atoms with Gasteiger partial charge in [-0.15, -0.1) is 0 Å². The Kier molecular flexibility index (Phi) is 6.17. The van der Waals surface area contributed by atoms with E-state index in [4.69, 9.17) is 16.9 Å². The van der Waals surface area contributed by atoms with Crippen molar-refractivity contribution in [3.8, 4) is 17.9 Å². The first kappa shape index (κ1) is 9.81. The molecule has 0 fully saturated rings. The molecular formula is C7H6ClNO2. The summed E-state index contributed by atoms with van der Waals surface area (Å²) in [5.74, 6) is 5.20. The van der Waals surface area contributed by atoms with Crippen LogP contribution in [0.25, 0.3) is 0 Å². The second-order valence-corrected chi connectivity index (χ2v) is 1.83. The molecule has 0 aromatic heterocycles. The Morgan fingerprint density at radius 3 is 2.82 bits per heavy atom. The zero-order valence-corrected chi connectivity index (χ0v) is 6.52. The standard InChI is InChI=1S/C7H6ClNO2/c8-7(10)11-6-4-2-1-3-5-9/h3-4,6H2. The molecule has 0 aliphatic carbocycles. The maximum Gasteiger partial charge on any atom is 0.403 e. The van der Waals surface area contributed by atoms with Crippen molar-refractivity contribution in [3.05, 3.63) is 0 Å². The summed E-state index contributed by atoms with van der Waals surface area (Å²) < 4.78 is 4.36. The lowest BCUT2D eigenvalue weighted by Crippen LogP contribution is -1.94. The number of hydrogen-bond acceptors (Lipinski definition) is 3. The summed E-state index contributed by atoms with van der Waals surface area (Å²) in [5, 5.41) is 8.05. The summed E-state index contributed by atoms with van der Waals surface area (Å²) in [6.07, 6.45) is 0.620. The van der Waals surface area contributed by atoms with E-state index >= 15 is 0 Å². The highest BCUT2D eigenvalue weighted by atomic mass is 35.5. The largest absolute Gasteiger partial charge is 0.453 e. The van der Waals surface area contributed by atoms with E-state index in [-0.39, 0.29) is 13.0 Å². The van der Waals surface area contributed by atoms with Crippen LogP contribution in [0, 0.1) is 23.2 Å². The number of halogens is 1. The van der Waals surface area contributed by atoms with Crippen molar-refractivity contribution in [1.82, 2.24) is 0 Å². The molecule has 0 spiro atoms. The van der Waals surface area contributed by atoms with E-state index < -0.39 is 5.43 Å². The maximum absolute atomic E-state index is 9.98. The van der Waals surface area contributed by atoms with Gasteiger partial charge in [-0.3, -0.25) is 0 Å². The monoisotopic (exact) mass is 171 g/mol. The van der Waals surface area contributed by atoms with Gasteiger partial charge in [0.1, 0.15) is 6.61 Å². The second kappa shape index (κ2) is 6.92. The maximum atomic E-state index is 9.98. The molecule has 0 radical (unpaired) electrons. The van der Waals surface area contributed by atoms with Gasteiger partial charge in [0.2, 0.25) is 0 Å². The first-order valence-electron chi connectivity index (χ1n) is 2.92. The van der Waals surface area contributed by atoms with Gasteiger partial charge in [-0.1, -0.05) is 11.8 Å². The number of hydrogen-bond donors (Lipinski definition) is 0. The van der Waals surface area contributed by atoms with Crippen LogP contribution in [-0.4, -0.2) is 12.0 Å². The van der Waals surface area contributed by atoms with Gasteiger partial charge in [-0.05, 0) is 0 Å². The molecule has 0 heterocycles. The molecule has 3 nitrogen and oxygen atoms in total.